The third-order valence-electron chi connectivity index (χ3n) is 4.90. The molecule has 4 aromatic rings. The molecule has 2 aromatic carbocycles. The summed E-state index contributed by atoms with van der Waals surface area (Å²) < 4.78 is 11.6. The van der Waals surface area contributed by atoms with Crippen molar-refractivity contribution < 1.29 is 9.47 Å². The van der Waals surface area contributed by atoms with Crippen LogP contribution in [0, 0.1) is 0 Å². The lowest BCUT2D eigenvalue weighted by atomic mass is 9.84. The van der Waals surface area contributed by atoms with Crippen molar-refractivity contribution in [1.82, 2.24) is 9.97 Å². The van der Waals surface area contributed by atoms with Crippen LogP contribution in [0.3, 0.4) is 0 Å². The summed E-state index contributed by atoms with van der Waals surface area (Å²) in [7, 11) is 1.67. The number of aromatic nitrogens is 2. The van der Waals surface area contributed by atoms with Gasteiger partial charge in [-0.1, -0.05) is 24.3 Å². The first-order valence-corrected chi connectivity index (χ1v) is 8.43. The van der Waals surface area contributed by atoms with Gasteiger partial charge in [0.1, 0.15) is 17.3 Å². The number of rotatable bonds is 2. The van der Waals surface area contributed by atoms with E-state index in [2.05, 4.69) is 22.1 Å². The fourth-order valence-electron chi connectivity index (χ4n) is 3.72. The molecule has 5 rings (SSSR count). The molecule has 0 radical (unpaired) electrons. The van der Waals surface area contributed by atoms with E-state index in [0.29, 0.717) is 11.7 Å². The standard InChI is InChI=1S/C21H17N3O2/c1-25-12-8-9-17-15(11-12)18(16-7-4-10-23-16)19-13-5-2-3-6-14(13)20(22)24-21(19)26-17/h2-11,18,23H,1H3,(H2,22,24). The maximum Gasteiger partial charge on any atom is 0.226 e. The van der Waals surface area contributed by atoms with Gasteiger partial charge in [0.2, 0.25) is 5.88 Å². The van der Waals surface area contributed by atoms with Gasteiger partial charge in [0.25, 0.3) is 0 Å². The number of benzene rings is 2. The number of ether oxygens (including phenoxy) is 2. The minimum absolute atomic E-state index is 0.0446. The SMILES string of the molecule is COc1ccc2c(c1)C(c1ccc[nH]1)c1c(nc(N)c3ccccc13)O2. The van der Waals surface area contributed by atoms with E-state index in [0.717, 1.165) is 39.1 Å². The van der Waals surface area contributed by atoms with Gasteiger partial charge in [-0.15, -0.1) is 0 Å². The third kappa shape index (κ3) is 2.07. The molecule has 1 atom stereocenters. The highest BCUT2D eigenvalue weighted by atomic mass is 16.5. The Kier molecular flexibility index (Phi) is 3.15. The number of aromatic amines is 1. The summed E-state index contributed by atoms with van der Waals surface area (Å²) in [6, 6.07) is 17.9. The predicted octanol–water partition coefficient (Wildman–Crippen LogP) is 4.44. The van der Waals surface area contributed by atoms with Gasteiger partial charge in [-0.2, -0.15) is 4.98 Å². The van der Waals surface area contributed by atoms with E-state index in [9.17, 15) is 0 Å². The molecule has 0 saturated carbocycles. The Bertz CT molecular complexity index is 1120. The first-order chi connectivity index (χ1) is 12.8. The van der Waals surface area contributed by atoms with Crippen molar-refractivity contribution in [3.05, 3.63) is 77.6 Å². The number of nitrogen functional groups attached to an aromatic ring is 1. The Hall–Kier alpha value is -3.47. The molecular weight excluding hydrogens is 326 g/mol. The van der Waals surface area contributed by atoms with E-state index in [1.165, 1.54) is 0 Å². The van der Waals surface area contributed by atoms with Gasteiger partial charge in [-0.05, 0) is 35.7 Å². The molecule has 0 fully saturated rings. The fourth-order valence-corrected chi connectivity index (χ4v) is 3.72. The van der Waals surface area contributed by atoms with Crippen LogP contribution in [0.5, 0.6) is 17.4 Å². The van der Waals surface area contributed by atoms with Crippen LogP contribution < -0.4 is 15.2 Å². The van der Waals surface area contributed by atoms with Crippen LogP contribution in [0.4, 0.5) is 5.82 Å². The molecule has 3 heterocycles. The molecule has 1 aliphatic heterocycles. The summed E-state index contributed by atoms with van der Waals surface area (Å²) in [4.78, 5) is 7.90. The highest BCUT2D eigenvalue weighted by molar-refractivity contribution is 5.96. The predicted molar refractivity (Wildman–Crippen MR) is 101 cm³/mol. The van der Waals surface area contributed by atoms with E-state index >= 15 is 0 Å². The van der Waals surface area contributed by atoms with E-state index in [1.807, 2.05) is 48.7 Å². The van der Waals surface area contributed by atoms with Crippen molar-refractivity contribution in [3.8, 4) is 17.4 Å². The van der Waals surface area contributed by atoms with Gasteiger partial charge in [0.05, 0.1) is 13.0 Å². The summed E-state index contributed by atoms with van der Waals surface area (Å²) in [5.41, 5.74) is 9.31. The quantitative estimate of drug-likeness (QED) is 0.497. The summed E-state index contributed by atoms with van der Waals surface area (Å²) in [6.45, 7) is 0. The zero-order valence-electron chi connectivity index (χ0n) is 14.2. The molecule has 1 aliphatic rings. The smallest absolute Gasteiger partial charge is 0.226 e. The third-order valence-corrected chi connectivity index (χ3v) is 4.90. The molecule has 5 heteroatoms. The average molecular weight is 343 g/mol. The van der Waals surface area contributed by atoms with Crippen molar-refractivity contribution in [2.75, 3.05) is 12.8 Å². The minimum Gasteiger partial charge on any atom is -0.497 e. The Morgan fingerprint density at radius 1 is 1.08 bits per heavy atom. The highest BCUT2D eigenvalue weighted by Gasteiger charge is 2.33. The molecule has 0 bridgehead atoms. The van der Waals surface area contributed by atoms with Crippen LogP contribution in [0.25, 0.3) is 10.8 Å². The number of nitrogens with zero attached hydrogens (tertiary/aromatic N) is 1. The summed E-state index contributed by atoms with van der Waals surface area (Å²) in [6.07, 6.45) is 1.93. The number of methoxy groups -OCH3 is 1. The van der Waals surface area contributed by atoms with Gasteiger partial charge in [-0.25, -0.2) is 0 Å². The van der Waals surface area contributed by atoms with E-state index in [1.54, 1.807) is 7.11 Å². The van der Waals surface area contributed by atoms with Crippen LogP contribution in [-0.4, -0.2) is 17.1 Å². The molecule has 128 valence electrons. The number of hydrogen-bond acceptors (Lipinski definition) is 4. The van der Waals surface area contributed by atoms with E-state index in [-0.39, 0.29) is 5.92 Å². The second-order valence-electron chi connectivity index (χ2n) is 6.33. The van der Waals surface area contributed by atoms with Crippen LogP contribution in [-0.2, 0) is 0 Å². The number of hydrogen-bond donors (Lipinski definition) is 2. The summed E-state index contributed by atoms with van der Waals surface area (Å²) in [5.74, 6) is 2.54. The number of H-pyrrole nitrogens is 1. The van der Waals surface area contributed by atoms with Gasteiger partial charge in [-0.3, -0.25) is 0 Å². The molecule has 1 unspecified atom stereocenters. The Labute approximate surface area is 150 Å². The molecule has 3 N–H and O–H groups in total. The minimum atomic E-state index is -0.0446. The van der Waals surface area contributed by atoms with Gasteiger partial charge in [0.15, 0.2) is 0 Å². The highest BCUT2D eigenvalue weighted by Crippen LogP contribution is 2.50. The number of nitrogens with one attached hydrogen (secondary N) is 1. The monoisotopic (exact) mass is 343 g/mol. The lowest BCUT2D eigenvalue weighted by molar-refractivity contribution is 0.406. The second kappa shape index (κ2) is 5.52. The van der Waals surface area contributed by atoms with Crippen LogP contribution in [0.2, 0.25) is 0 Å². The molecule has 0 spiro atoms. The van der Waals surface area contributed by atoms with Crippen molar-refractivity contribution in [1.29, 1.82) is 0 Å². The normalized spacial score (nSPS) is 15.2. The Balaban J connectivity index is 1.87. The molecule has 5 nitrogen and oxygen atoms in total. The summed E-state index contributed by atoms with van der Waals surface area (Å²) >= 11 is 0. The van der Waals surface area contributed by atoms with Crippen LogP contribution in [0.15, 0.2) is 60.8 Å². The Morgan fingerprint density at radius 2 is 1.92 bits per heavy atom. The summed E-state index contributed by atoms with van der Waals surface area (Å²) in [5, 5.41) is 1.97. The van der Waals surface area contributed by atoms with Crippen LogP contribution in [0.1, 0.15) is 22.7 Å². The Morgan fingerprint density at radius 3 is 2.69 bits per heavy atom. The maximum atomic E-state index is 6.19. The number of fused-ring (bicyclic) bond motifs is 4. The van der Waals surface area contributed by atoms with Crippen LogP contribution >= 0.6 is 0 Å². The molecule has 2 aromatic heterocycles. The molecule has 0 amide bonds. The second-order valence-corrected chi connectivity index (χ2v) is 6.33. The zero-order valence-corrected chi connectivity index (χ0v) is 14.2. The average Bonchev–Trinajstić information content (AvgIpc) is 3.20. The first-order valence-electron chi connectivity index (χ1n) is 8.43. The number of nitrogens with two attached hydrogens (primary N) is 1. The van der Waals surface area contributed by atoms with Gasteiger partial charge < -0.3 is 20.2 Å². The van der Waals surface area contributed by atoms with Gasteiger partial charge >= 0.3 is 0 Å². The fraction of sp³-hybridized carbons (Fsp3) is 0.0952. The number of pyridine rings is 1. The molecular formula is C21H17N3O2. The maximum absolute atomic E-state index is 6.19. The van der Waals surface area contributed by atoms with Crippen molar-refractivity contribution in [2.24, 2.45) is 0 Å². The largest absolute Gasteiger partial charge is 0.497 e. The van der Waals surface area contributed by atoms with Crippen molar-refractivity contribution in [3.63, 3.8) is 0 Å². The zero-order chi connectivity index (χ0) is 17.7. The lowest BCUT2D eigenvalue weighted by Gasteiger charge is -2.29. The lowest BCUT2D eigenvalue weighted by Crippen LogP contribution is -2.14. The van der Waals surface area contributed by atoms with E-state index < -0.39 is 0 Å². The first kappa shape index (κ1) is 14.8. The van der Waals surface area contributed by atoms with Crippen molar-refractivity contribution in [2.45, 2.75) is 5.92 Å². The van der Waals surface area contributed by atoms with E-state index in [4.69, 9.17) is 15.2 Å². The van der Waals surface area contributed by atoms with Gasteiger partial charge in [0, 0.05) is 28.4 Å². The number of anilines is 1. The molecule has 0 aliphatic carbocycles. The topological polar surface area (TPSA) is 73.2 Å². The molecule has 26 heavy (non-hydrogen) atoms. The molecule has 0 saturated heterocycles. The van der Waals surface area contributed by atoms with Crippen molar-refractivity contribution >= 4 is 16.6 Å².